The van der Waals surface area contributed by atoms with Crippen LogP contribution in [0.4, 0.5) is 0 Å². The van der Waals surface area contributed by atoms with Gasteiger partial charge in [0.05, 0.1) is 11.2 Å². The fourth-order valence-electron chi connectivity index (χ4n) is 3.17. The van der Waals surface area contributed by atoms with E-state index in [-0.39, 0.29) is 29.8 Å². The van der Waals surface area contributed by atoms with Crippen LogP contribution in [0.1, 0.15) is 62.4 Å². The predicted molar refractivity (Wildman–Crippen MR) is 87.7 cm³/mol. The third-order valence-corrected chi connectivity index (χ3v) is 4.66. The summed E-state index contributed by atoms with van der Waals surface area (Å²) >= 11 is 5.64. The van der Waals surface area contributed by atoms with Gasteiger partial charge >= 0.3 is 0 Å². The summed E-state index contributed by atoms with van der Waals surface area (Å²) in [7, 11) is 0. The summed E-state index contributed by atoms with van der Waals surface area (Å²) in [5, 5.41) is 3.01. The molecule has 5 nitrogen and oxygen atoms in total. The first-order valence-electron chi connectivity index (χ1n) is 7.62. The van der Waals surface area contributed by atoms with Gasteiger partial charge < -0.3 is 10.3 Å². The molecule has 2 fully saturated rings. The first-order valence-corrected chi connectivity index (χ1v) is 8.15. The summed E-state index contributed by atoms with van der Waals surface area (Å²) in [5.41, 5.74) is 0.166. The molecule has 0 aliphatic heterocycles. The number of halogens is 2. The monoisotopic (exact) mass is 345 g/mol. The van der Waals surface area contributed by atoms with Crippen LogP contribution in [0.5, 0.6) is 0 Å². The summed E-state index contributed by atoms with van der Waals surface area (Å²) in [5.74, 6) is 0.734. The van der Waals surface area contributed by atoms with Crippen molar-refractivity contribution in [1.29, 1.82) is 0 Å². The molecule has 0 bridgehead atoms. The number of aromatic nitrogens is 2. The van der Waals surface area contributed by atoms with Crippen LogP contribution in [0.3, 0.4) is 0 Å². The van der Waals surface area contributed by atoms with E-state index in [4.69, 9.17) is 11.6 Å². The van der Waals surface area contributed by atoms with Crippen molar-refractivity contribution >= 4 is 29.9 Å². The van der Waals surface area contributed by atoms with Gasteiger partial charge in [-0.15, -0.1) is 24.0 Å². The van der Waals surface area contributed by atoms with E-state index in [1.807, 2.05) is 0 Å². The van der Waals surface area contributed by atoms with Gasteiger partial charge in [-0.3, -0.25) is 9.59 Å². The van der Waals surface area contributed by atoms with Crippen LogP contribution >= 0.6 is 24.0 Å². The molecule has 2 N–H and O–H groups in total. The molecule has 1 aromatic rings. The van der Waals surface area contributed by atoms with Gasteiger partial charge in [0.15, 0.2) is 0 Å². The van der Waals surface area contributed by atoms with E-state index in [1.54, 1.807) is 6.07 Å². The second kappa shape index (κ2) is 7.01. The lowest BCUT2D eigenvalue weighted by atomic mass is 9.80. The van der Waals surface area contributed by atoms with Gasteiger partial charge in [-0.2, -0.15) is 0 Å². The third-order valence-electron chi connectivity index (χ3n) is 4.42. The maximum atomic E-state index is 11.9. The van der Waals surface area contributed by atoms with Crippen LogP contribution in [-0.2, 0) is 10.3 Å². The molecule has 2 saturated carbocycles. The van der Waals surface area contributed by atoms with Crippen molar-refractivity contribution in [3.63, 3.8) is 0 Å². The molecule has 0 spiro atoms. The van der Waals surface area contributed by atoms with Crippen LogP contribution in [0, 0.1) is 0 Å². The largest absolute Gasteiger partial charge is 0.342 e. The summed E-state index contributed by atoms with van der Waals surface area (Å²) in [6.07, 6.45) is 6.96. The molecule has 0 unspecified atom stereocenters. The lowest BCUT2D eigenvalue weighted by Crippen LogP contribution is -2.49. The molecule has 0 aromatic carbocycles. The Labute approximate surface area is 140 Å². The van der Waals surface area contributed by atoms with Crippen LogP contribution < -0.4 is 10.9 Å². The lowest BCUT2D eigenvalue weighted by molar-refractivity contribution is -0.121. The van der Waals surface area contributed by atoms with E-state index in [2.05, 4.69) is 15.3 Å². The molecule has 2 aliphatic rings. The Bertz CT molecular complexity index is 593. The molecular weight excluding hydrogens is 325 g/mol. The minimum Gasteiger partial charge on any atom is -0.342 e. The van der Waals surface area contributed by atoms with Crippen LogP contribution in [0.15, 0.2) is 10.9 Å². The van der Waals surface area contributed by atoms with Gasteiger partial charge in [0.1, 0.15) is 11.7 Å². The minimum atomic E-state index is -0.561. The first kappa shape index (κ1) is 17.3. The molecule has 0 saturated heterocycles. The summed E-state index contributed by atoms with van der Waals surface area (Å²) < 4.78 is 0. The maximum absolute atomic E-state index is 11.9. The molecule has 2 aliphatic carbocycles. The first-order chi connectivity index (χ1) is 10.1. The van der Waals surface area contributed by atoms with Crippen molar-refractivity contribution in [2.24, 2.45) is 0 Å². The van der Waals surface area contributed by atoms with E-state index >= 15 is 0 Å². The molecule has 122 valence electrons. The number of rotatable bonds is 4. The van der Waals surface area contributed by atoms with E-state index in [0.29, 0.717) is 11.7 Å². The highest BCUT2D eigenvalue weighted by molar-refractivity contribution is 6.27. The van der Waals surface area contributed by atoms with Crippen LogP contribution in [0.2, 0.25) is 0 Å². The molecule has 22 heavy (non-hydrogen) atoms. The van der Waals surface area contributed by atoms with Crippen molar-refractivity contribution < 1.29 is 4.79 Å². The van der Waals surface area contributed by atoms with Crippen molar-refractivity contribution in [2.45, 2.75) is 56.4 Å². The van der Waals surface area contributed by atoms with Gasteiger partial charge in [-0.25, -0.2) is 4.98 Å². The van der Waals surface area contributed by atoms with Gasteiger partial charge in [0, 0.05) is 12.0 Å². The molecule has 0 radical (unpaired) electrons. The van der Waals surface area contributed by atoms with Gasteiger partial charge in [0.2, 0.25) is 5.91 Å². The molecule has 0 atom stereocenters. The van der Waals surface area contributed by atoms with Crippen molar-refractivity contribution in [1.82, 2.24) is 15.3 Å². The second-order valence-electron chi connectivity index (χ2n) is 6.12. The Morgan fingerprint density at radius 1 is 1.36 bits per heavy atom. The molecule has 7 heteroatoms. The minimum absolute atomic E-state index is 0. The highest BCUT2D eigenvalue weighted by atomic mass is 35.5. The van der Waals surface area contributed by atoms with Crippen molar-refractivity contribution in [2.75, 3.05) is 5.88 Å². The van der Waals surface area contributed by atoms with E-state index in [9.17, 15) is 9.59 Å². The number of hydrogen-bond donors (Lipinski definition) is 2. The zero-order valence-corrected chi connectivity index (χ0v) is 13.9. The molecule has 1 amide bonds. The van der Waals surface area contributed by atoms with E-state index < -0.39 is 5.54 Å². The Balaban J connectivity index is 0.00000176. The highest BCUT2D eigenvalue weighted by Crippen LogP contribution is 2.40. The predicted octanol–water partition coefficient (Wildman–Crippen LogP) is 2.58. The fraction of sp³-hybridized carbons (Fsp3) is 0.667. The van der Waals surface area contributed by atoms with E-state index in [1.165, 1.54) is 0 Å². The number of carbonyl (C=O) groups excluding carboxylic acids is 1. The smallest absolute Gasteiger partial charge is 0.251 e. The SMILES string of the molecule is Cl.O=C(CCl)NC1(c2nc(C3CC3)cc(=O)[nH]2)CCCCC1. The van der Waals surface area contributed by atoms with Gasteiger partial charge in [0.25, 0.3) is 5.56 Å². The third kappa shape index (κ3) is 3.63. The zero-order valence-electron chi connectivity index (χ0n) is 12.4. The number of aromatic amines is 1. The lowest BCUT2D eigenvalue weighted by Gasteiger charge is -2.37. The van der Waals surface area contributed by atoms with Gasteiger partial charge in [-0.05, 0) is 25.7 Å². The summed E-state index contributed by atoms with van der Waals surface area (Å²) in [6, 6.07) is 1.58. The number of hydrogen-bond acceptors (Lipinski definition) is 3. The second-order valence-corrected chi connectivity index (χ2v) is 6.38. The summed E-state index contributed by atoms with van der Waals surface area (Å²) in [6.45, 7) is 0. The van der Waals surface area contributed by atoms with Crippen LogP contribution in [-0.4, -0.2) is 21.8 Å². The normalized spacial score (nSPS) is 20.0. The summed E-state index contributed by atoms with van der Waals surface area (Å²) in [4.78, 5) is 31.3. The average Bonchev–Trinajstić information content (AvgIpc) is 3.32. The quantitative estimate of drug-likeness (QED) is 0.823. The number of alkyl halides is 1. The molecular formula is C15H21Cl2N3O2. The number of nitrogens with zero attached hydrogens (tertiary/aromatic N) is 1. The van der Waals surface area contributed by atoms with Crippen molar-refractivity contribution in [3.8, 4) is 0 Å². The Morgan fingerprint density at radius 3 is 2.64 bits per heavy atom. The maximum Gasteiger partial charge on any atom is 0.251 e. The van der Waals surface area contributed by atoms with Crippen LogP contribution in [0.25, 0.3) is 0 Å². The van der Waals surface area contributed by atoms with Gasteiger partial charge in [-0.1, -0.05) is 19.3 Å². The Morgan fingerprint density at radius 2 is 2.05 bits per heavy atom. The topological polar surface area (TPSA) is 74.8 Å². The standard InChI is InChI=1S/C15H20ClN3O2.ClH/c16-9-13(21)19-15(6-2-1-3-7-15)14-17-11(10-4-5-10)8-12(20)18-14;/h8,10H,1-7,9H2,(H,19,21)(H,17,18,20);1H. The number of carbonyl (C=O) groups is 1. The van der Waals surface area contributed by atoms with Crippen molar-refractivity contribution in [3.05, 3.63) is 27.9 Å². The Kier molecular flexibility index (Phi) is 5.50. The fourth-order valence-corrected chi connectivity index (χ4v) is 3.23. The number of H-pyrrole nitrogens is 1. The molecule has 1 aromatic heterocycles. The number of amides is 1. The number of nitrogens with one attached hydrogen (secondary N) is 2. The molecule has 1 heterocycles. The highest BCUT2D eigenvalue weighted by Gasteiger charge is 2.38. The average molecular weight is 346 g/mol. The Hall–Kier alpha value is -1.07. The molecule has 3 rings (SSSR count). The van der Waals surface area contributed by atoms with E-state index in [0.717, 1.165) is 50.6 Å². The zero-order chi connectivity index (χ0) is 14.9.